The Bertz CT molecular complexity index is 1150. The molecule has 1 fully saturated rings. The zero-order valence-corrected chi connectivity index (χ0v) is 20.9. The molecule has 3 aromatic rings. The first-order chi connectivity index (χ1) is 15.0. The summed E-state index contributed by atoms with van der Waals surface area (Å²) in [5.74, 6) is 0.498. The van der Waals surface area contributed by atoms with Crippen LogP contribution < -0.4 is 4.74 Å². The zero-order chi connectivity index (χ0) is 22.1. The first-order valence-electron chi connectivity index (χ1n) is 10.1. The molecule has 2 aromatic carbocycles. The molecular formula is C23H20BrCl2FN2OS. The monoisotopic (exact) mass is 540 g/mol. The van der Waals surface area contributed by atoms with Crippen LogP contribution in [0.1, 0.15) is 59.8 Å². The van der Waals surface area contributed by atoms with Crippen molar-refractivity contribution in [2.24, 2.45) is 4.99 Å². The number of ether oxygens (including phenoxy) is 1. The van der Waals surface area contributed by atoms with Gasteiger partial charge in [0.2, 0.25) is 6.23 Å². The van der Waals surface area contributed by atoms with Crippen molar-refractivity contribution in [1.29, 1.82) is 0 Å². The van der Waals surface area contributed by atoms with Crippen LogP contribution in [0.15, 0.2) is 46.0 Å². The third-order valence-electron chi connectivity index (χ3n) is 4.90. The molecule has 1 saturated carbocycles. The van der Waals surface area contributed by atoms with Crippen LogP contribution in [0.3, 0.4) is 0 Å². The topological polar surface area (TPSA) is 34.5 Å². The summed E-state index contributed by atoms with van der Waals surface area (Å²) >= 11 is 17.4. The first kappa shape index (κ1) is 22.7. The highest BCUT2D eigenvalue weighted by Crippen LogP contribution is 2.44. The molecule has 0 spiro atoms. The summed E-state index contributed by atoms with van der Waals surface area (Å²) in [6.07, 6.45) is 4.00. The maximum atomic E-state index is 14.8. The van der Waals surface area contributed by atoms with Crippen LogP contribution in [-0.2, 0) is 6.42 Å². The normalized spacial score (nSPS) is 17.2. The van der Waals surface area contributed by atoms with Gasteiger partial charge in [0.25, 0.3) is 0 Å². The molecule has 31 heavy (non-hydrogen) atoms. The lowest BCUT2D eigenvalue weighted by atomic mass is 9.99. The summed E-state index contributed by atoms with van der Waals surface area (Å²) in [6, 6.07) is 8.44. The van der Waals surface area contributed by atoms with E-state index in [-0.39, 0.29) is 5.02 Å². The van der Waals surface area contributed by atoms with Crippen molar-refractivity contribution >= 4 is 56.2 Å². The third-order valence-corrected chi connectivity index (χ3v) is 7.31. The number of aliphatic imine (C=N–C) groups is 1. The quantitative estimate of drug-likeness (QED) is 0.332. The van der Waals surface area contributed by atoms with Crippen LogP contribution in [0.5, 0.6) is 5.75 Å². The molecule has 2 aliphatic rings. The van der Waals surface area contributed by atoms with Crippen molar-refractivity contribution in [1.82, 2.24) is 4.98 Å². The second-order valence-electron chi connectivity index (χ2n) is 7.09. The van der Waals surface area contributed by atoms with E-state index in [4.69, 9.17) is 32.9 Å². The second kappa shape index (κ2) is 9.57. The molecule has 5 rings (SSSR count). The van der Waals surface area contributed by atoms with Gasteiger partial charge in [-0.1, -0.05) is 53.0 Å². The Balaban J connectivity index is 0.00000112. The van der Waals surface area contributed by atoms with E-state index >= 15 is 0 Å². The number of hydrogen-bond donors (Lipinski definition) is 0. The van der Waals surface area contributed by atoms with E-state index in [1.165, 1.54) is 18.9 Å². The number of thiazole rings is 1. The molecule has 8 heteroatoms. The van der Waals surface area contributed by atoms with Crippen LogP contribution in [0.4, 0.5) is 4.39 Å². The minimum atomic E-state index is -0.571. The molecule has 0 saturated heterocycles. The lowest BCUT2D eigenvalue weighted by Gasteiger charge is -2.25. The van der Waals surface area contributed by atoms with Crippen molar-refractivity contribution < 1.29 is 9.13 Å². The van der Waals surface area contributed by atoms with E-state index in [2.05, 4.69) is 20.9 Å². The first-order valence-corrected chi connectivity index (χ1v) is 12.5. The van der Waals surface area contributed by atoms with Crippen molar-refractivity contribution in [3.05, 3.63) is 77.9 Å². The zero-order valence-electron chi connectivity index (χ0n) is 17.0. The Kier molecular flexibility index (Phi) is 7.01. The van der Waals surface area contributed by atoms with Gasteiger partial charge < -0.3 is 4.74 Å². The molecule has 162 valence electrons. The largest absolute Gasteiger partial charge is 0.463 e. The summed E-state index contributed by atoms with van der Waals surface area (Å²) in [7, 11) is 0. The van der Waals surface area contributed by atoms with Gasteiger partial charge in [-0.15, -0.1) is 11.3 Å². The molecule has 0 N–H and O–H groups in total. The fourth-order valence-electron chi connectivity index (χ4n) is 3.32. The number of rotatable bonds is 4. The van der Waals surface area contributed by atoms with Gasteiger partial charge in [0, 0.05) is 33.1 Å². The van der Waals surface area contributed by atoms with E-state index in [9.17, 15) is 4.39 Å². The van der Waals surface area contributed by atoms with Gasteiger partial charge in [0.15, 0.2) is 0 Å². The number of hydrogen-bond acceptors (Lipinski definition) is 4. The molecule has 1 atom stereocenters. The SMILES string of the molecule is CC.Fc1cc(Cl)cc2c1C(Cc1cc(Cl)ccc1Br)=NC(c1cnc(C3CC3)s1)O2. The summed E-state index contributed by atoms with van der Waals surface area (Å²) < 4.78 is 21.7. The summed E-state index contributed by atoms with van der Waals surface area (Å²) in [4.78, 5) is 10.2. The predicted octanol–water partition coefficient (Wildman–Crippen LogP) is 8.38. The van der Waals surface area contributed by atoms with Crippen molar-refractivity contribution in [2.45, 2.75) is 45.3 Å². The summed E-state index contributed by atoms with van der Waals surface area (Å²) in [5, 5.41) is 2.01. The molecule has 0 amide bonds. The highest BCUT2D eigenvalue weighted by Gasteiger charge is 2.31. The number of nitrogens with zero attached hydrogens (tertiary/aromatic N) is 2. The molecule has 1 aliphatic heterocycles. The molecule has 2 heterocycles. The predicted molar refractivity (Wildman–Crippen MR) is 130 cm³/mol. The minimum Gasteiger partial charge on any atom is -0.463 e. The van der Waals surface area contributed by atoms with E-state index in [1.807, 2.05) is 32.2 Å². The Morgan fingerprint density at radius 2 is 1.94 bits per heavy atom. The van der Waals surface area contributed by atoms with Gasteiger partial charge in [0.1, 0.15) is 11.6 Å². The highest BCUT2D eigenvalue weighted by molar-refractivity contribution is 9.10. The van der Waals surface area contributed by atoms with Gasteiger partial charge in [-0.3, -0.25) is 0 Å². The summed E-state index contributed by atoms with van der Waals surface area (Å²) in [5.41, 5.74) is 1.85. The van der Waals surface area contributed by atoms with Gasteiger partial charge in [-0.2, -0.15) is 0 Å². The van der Waals surface area contributed by atoms with E-state index in [1.54, 1.807) is 23.5 Å². The van der Waals surface area contributed by atoms with Gasteiger partial charge in [-0.25, -0.2) is 14.4 Å². The van der Waals surface area contributed by atoms with Crippen LogP contribution in [0.25, 0.3) is 0 Å². The molecule has 0 bridgehead atoms. The van der Waals surface area contributed by atoms with E-state index in [0.717, 1.165) is 19.9 Å². The Labute approximate surface area is 203 Å². The number of halogens is 4. The van der Waals surface area contributed by atoms with E-state index < -0.39 is 12.0 Å². The number of aromatic nitrogens is 1. The summed E-state index contributed by atoms with van der Waals surface area (Å²) in [6.45, 7) is 4.00. The number of fused-ring (bicyclic) bond motifs is 1. The maximum Gasteiger partial charge on any atom is 0.226 e. The second-order valence-corrected chi connectivity index (χ2v) is 9.92. The fraction of sp³-hybridized carbons (Fsp3) is 0.304. The van der Waals surface area contributed by atoms with Crippen LogP contribution >= 0.6 is 50.5 Å². The molecular weight excluding hydrogens is 522 g/mol. The lowest BCUT2D eigenvalue weighted by molar-refractivity contribution is 0.212. The molecule has 1 unspecified atom stereocenters. The smallest absolute Gasteiger partial charge is 0.226 e. The Morgan fingerprint density at radius 1 is 1.16 bits per heavy atom. The van der Waals surface area contributed by atoms with Gasteiger partial charge in [-0.05, 0) is 48.7 Å². The molecule has 1 aliphatic carbocycles. The van der Waals surface area contributed by atoms with Crippen molar-refractivity contribution in [3.63, 3.8) is 0 Å². The highest BCUT2D eigenvalue weighted by atomic mass is 79.9. The van der Waals surface area contributed by atoms with Crippen LogP contribution in [0.2, 0.25) is 10.0 Å². The standard InChI is InChI=1S/C21H14BrCl2FN2OS.C2H6/c22-14-4-3-12(23)5-11(14)6-16-19-15(25)7-13(24)8-17(19)28-20(27-16)18-9-26-21(29-18)10-1-2-10;1-2/h3-5,7-10,20H,1-2,6H2;1-2H3. The molecule has 0 radical (unpaired) electrons. The lowest BCUT2D eigenvalue weighted by Crippen LogP contribution is -2.20. The Hall–Kier alpha value is -1.47. The number of benzene rings is 2. The fourth-order valence-corrected chi connectivity index (χ4v) is 5.16. The molecule has 1 aromatic heterocycles. The minimum absolute atomic E-state index is 0.285. The van der Waals surface area contributed by atoms with Gasteiger partial charge >= 0.3 is 0 Å². The van der Waals surface area contributed by atoms with E-state index in [0.29, 0.717) is 34.4 Å². The molecule has 3 nitrogen and oxygen atoms in total. The van der Waals surface area contributed by atoms with Gasteiger partial charge in [0.05, 0.1) is 21.2 Å². The average Bonchev–Trinajstić information content (AvgIpc) is 3.48. The van der Waals surface area contributed by atoms with Crippen molar-refractivity contribution in [3.8, 4) is 5.75 Å². The Morgan fingerprint density at radius 3 is 2.68 bits per heavy atom. The van der Waals surface area contributed by atoms with Crippen molar-refractivity contribution in [2.75, 3.05) is 0 Å². The maximum absolute atomic E-state index is 14.8. The van der Waals surface area contributed by atoms with Crippen LogP contribution in [0, 0.1) is 5.82 Å². The average molecular weight is 542 g/mol. The van der Waals surface area contributed by atoms with Crippen LogP contribution in [-0.4, -0.2) is 10.7 Å². The third kappa shape index (κ3) is 4.98.